The molecule has 100 valence electrons. The summed E-state index contributed by atoms with van der Waals surface area (Å²) in [6.45, 7) is 3.01. The van der Waals surface area contributed by atoms with Crippen molar-refractivity contribution in [2.24, 2.45) is 5.73 Å². The molecule has 1 saturated heterocycles. The van der Waals surface area contributed by atoms with Crippen molar-refractivity contribution >= 4 is 0 Å². The fourth-order valence-corrected chi connectivity index (χ4v) is 3.02. The summed E-state index contributed by atoms with van der Waals surface area (Å²) < 4.78 is 0. The summed E-state index contributed by atoms with van der Waals surface area (Å²) in [7, 11) is 4.30. The minimum atomic E-state index is 0.374. The molecule has 2 rings (SSSR count). The number of rotatable bonds is 5. The van der Waals surface area contributed by atoms with Crippen molar-refractivity contribution in [1.82, 2.24) is 9.80 Å². The zero-order chi connectivity index (χ0) is 13.0. The smallest absolute Gasteiger partial charge is 0.0473 e. The minimum Gasteiger partial charge on any atom is -0.329 e. The third kappa shape index (κ3) is 3.10. The zero-order valence-electron chi connectivity index (χ0n) is 11.5. The van der Waals surface area contributed by atoms with Crippen molar-refractivity contribution in [3.8, 4) is 0 Å². The van der Waals surface area contributed by atoms with Gasteiger partial charge in [-0.1, -0.05) is 30.3 Å². The molecule has 3 nitrogen and oxygen atoms in total. The molecule has 1 aliphatic heterocycles. The van der Waals surface area contributed by atoms with Gasteiger partial charge in [0.1, 0.15) is 0 Å². The van der Waals surface area contributed by atoms with Crippen LogP contribution in [0.4, 0.5) is 0 Å². The van der Waals surface area contributed by atoms with Crippen LogP contribution in [-0.4, -0.2) is 49.6 Å². The van der Waals surface area contributed by atoms with E-state index in [-0.39, 0.29) is 0 Å². The van der Waals surface area contributed by atoms with Crippen LogP contribution in [0.2, 0.25) is 0 Å². The van der Waals surface area contributed by atoms with E-state index in [9.17, 15) is 0 Å². The lowest BCUT2D eigenvalue weighted by Crippen LogP contribution is -2.42. The van der Waals surface area contributed by atoms with Crippen molar-refractivity contribution in [3.63, 3.8) is 0 Å². The van der Waals surface area contributed by atoms with Crippen LogP contribution in [0, 0.1) is 0 Å². The van der Waals surface area contributed by atoms with Gasteiger partial charge >= 0.3 is 0 Å². The fourth-order valence-electron chi connectivity index (χ4n) is 3.02. The first-order valence-corrected chi connectivity index (χ1v) is 6.88. The standard InChI is InChI=1S/C15H25N3/c1-17(2)12-14-9-6-10-18(14)15(11-16)13-7-4-3-5-8-13/h3-5,7-8,14-15H,6,9-12,16H2,1-2H3. The van der Waals surface area contributed by atoms with E-state index < -0.39 is 0 Å². The molecule has 0 amide bonds. The lowest BCUT2D eigenvalue weighted by atomic mass is 10.0. The second kappa shape index (κ2) is 6.32. The molecular weight excluding hydrogens is 222 g/mol. The van der Waals surface area contributed by atoms with Crippen LogP contribution < -0.4 is 5.73 Å². The molecule has 2 atom stereocenters. The fraction of sp³-hybridized carbons (Fsp3) is 0.600. The Bertz CT molecular complexity index is 350. The van der Waals surface area contributed by atoms with Crippen LogP contribution in [0.25, 0.3) is 0 Å². The highest BCUT2D eigenvalue weighted by molar-refractivity contribution is 5.20. The van der Waals surface area contributed by atoms with Crippen LogP contribution in [-0.2, 0) is 0 Å². The maximum atomic E-state index is 6.02. The van der Waals surface area contributed by atoms with Gasteiger partial charge in [-0.15, -0.1) is 0 Å². The third-order valence-electron chi connectivity index (χ3n) is 3.81. The SMILES string of the molecule is CN(C)CC1CCCN1C(CN)c1ccccc1. The average molecular weight is 247 g/mol. The van der Waals surface area contributed by atoms with Gasteiger partial charge in [0.2, 0.25) is 0 Å². The molecule has 0 saturated carbocycles. The van der Waals surface area contributed by atoms with E-state index in [1.165, 1.54) is 24.9 Å². The second-order valence-corrected chi connectivity index (χ2v) is 5.46. The second-order valence-electron chi connectivity index (χ2n) is 5.46. The molecule has 18 heavy (non-hydrogen) atoms. The summed E-state index contributed by atoms with van der Waals surface area (Å²) in [4.78, 5) is 4.87. The highest BCUT2D eigenvalue weighted by Crippen LogP contribution is 2.28. The quantitative estimate of drug-likeness (QED) is 0.860. The zero-order valence-corrected chi connectivity index (χ0v) is 11.5. The van der Waals surface area contributed by atoms with Gasteiger partial charge in [-0.3, -0.25) is 4.90 Å². The highest BCUT2D eigenvalue weighted by atomic mass is 15.2. The molecule has 0 aromatic heterocycles. The van der Waals surface area contributed by atoms with Crippen LogP contribution in [0.15, 0.2) is 30.3 Å². The van der Waals surface area contributed by atoms with E-state index in [1.807, 2.05) is 0 Å². The molecule has 1 aromatic carbocycles. The van der Waals surface area contributed by atoms with Gasteiger partial charge in [-0.05, 0) is 39.0 Å². The van der Waals surface area contributed by atoms with Crippen molar-refractivity contribution in [2.45, 2.75) is 24.9 Å². The molecule has 0 aliphatic carbocycles. The van der Waals surface area contributed by atoms with Gasteiger partial charge in [-0.2, -0.15) is 0 Å². The number of hydrogen-bond donors (Lipinski definition) is 1. The first kappa shape index (κ1) is 13.5. The lowest BCUT2D eigenvalue weighted by molar-refractivity contribution is 0.156. The Morgan fingerprint density at radius 1 is 1.33 bits per heavy atom. The Kier molecular flexibility index (Phi) is 4.75. The molecule has 1 aromatic rings. The molecule has 1 fully saturated rings. The van der Waals surface area contributed by atoms with Crippen molar-refractivity contribution in [1.29, 1.82) is 0 Å². The van der Waals surface area contributed by atoms with E-state index in [0.29, 0.717) is 18.6 Å². The first-order chi connectivity index (χ1) is 8.72. The van der Waals surface area contributed by atoms with Gasteiger partial charge < -0.3 is 10.6 Å². The summed E-state index contributed by atoms with van der Waals surface area (Å²) in [6.07, 6.45) is 2.59. The maximum absolute atomic E-state index is 6.02. The molecule has 3 heteroatoms. The van der Waals surface area contributed by atoms with E-state index in [4.69, 9.17) is 5.73 Å². The van der Waals surface area contributed by atoms with Crippen LogP contribution in [0.1, 0.15) is 24.4 Å². The average Bonchev–Trinajstić information content (AvgIpc) is 2.79. The van der Waals surface area contributed by atoms with E-state index in [2.05, 4.69) is 54.2 Å². The first-order valence-electron chi connectivity index (χ1n) is 6.88. The van der Waals surface area contributed by atoms with Gasteiger partial charge in [0.15, 0.2) is 0 Å². The van der Waals surface area contributed by atoms with E-state index in [1.54, 1.807) is 0 Å². The monoisotopic (exact) mass is 247 g/mol. The summed E-state index contributed by atoms with van der Waals surface area (Å²) in [5, 5.41) is 0. The van der Waals surface area contributed by atoms with Crippen molar-refractivity contribution in [3.05, 3.63) is 35.9 Å². The van der Waals surface area contributed by atoms with Gasteiger partial charge in [0.25, 0.3) is 0 Å². The van der Waals surface area contributed by atoms with Crippen LogP contribution >= 0.6 is 0 Å². The number of likely N-dealkylation sites (N-methyl/N-ethyl adjacent to an activating group) is 1. The van der Waals surface area contributed by atoms with Gasteiger partial charge in [0.05, 0.1) is 0 Å². The summed E-state index contributed by atoms with van der Waals surface area (Å²) in [6, 6.07) is 11.7. The summed E-state index contributed by atoms with van der Waals surface area (Å²) >= 11 is 0. The Balaban J connectivity index is 2.12. The number of likely N-dealkylation sites (tertiary alicyclic amines) is 1. The number of benzene rings is 1. The molecule has 1 aliphatic rings. The Morgan fingerprint density at radius 3 is 2.67 bits per heavy atom. The van der Waals surface area contributed by atoms with Gasteiger partial charge in [0, 0.05) is 25.2 Å². The van der Waals surface area contributed by atoms with Crippen LogP contribution in [0.3, 0.4) is 0 Å². The lowest BCUT2D eigenvalue weighted by Gasteiger charge is -2.34. The van der Waals surface area contributed by atoms with Crippen LogP contribution in [0.5, 0.6) is 0 Å². The summed E-state index contributed by atoms with van der Waals surface area (Å²) in [5.41, 5.74) is 7.37. The molecule has 2 unspecified atom stereocenters. The number of hydrogen-bond acceptors (Lipinski definition) is 3. The molecule has 2 N–H and O–H groups in total. The van der Waals surface area contributed by atoms with E-state index in [0.717, 1.165) is 6.54 Å². The van der Waals surface area contributed by atoms with Gasteiger partial charge in [-0.25, -0.2) is 0 Å². The highest BCUT2D eigenvalue weighted by Gasteiger charge is 2.30. The third-order valence-corrected chi connectivity index (χ3v) is 3.81. The molecular formula is C15H25N3. The predicted octanol–water partition coefficient (Wildman–Crippen LogP) is 1.71. The number of nitrogens with two attached hydrogens (primary N) is 1. The summed E-state index contributed by atoms with van der Waals surface area (Å²) in [5.74, 6) is 0. The van der Waals surface area contributed by atoms with E-state index >= 15 is 0 Å². The largest absolute Gasteiger partial charge is 0.329 e. The van der Waals surface area contributed by atoms with Crippen molar-refractivity contribution in [2.75, 3.05) is 33.7 Å². The molecule has 1 heterocycles. The predicted molar refractivity (Wildman–Crippen MR) is 76.5 cm³/mol. The molecule has 0 bridgehead atoms. The maximum Gasteiger partial charge on any atom is 0.0473 e. The Morgan fingerprint density at radius 2 is 2.06 bits per heavy atom. The minimum absolute atomic E-state index is 0.374. The van der Waals surface area contributed by atoms with Crippen molar-refractivity contribution < 1.29 is 0 Å². The molecule has 0 spiro atoms. The Hall–Kier alpha value is -0.900. The molecule has 0 radical (unpaired) electrons. The number of nitrogens with zero attached hydrogens (tertiary/aromatic N) is 2. The Labute approximate surface area is 111 Å². The normalized spacial score (nSPS) is 22.6. The topological polar surface area (TPSA) is 32.5 Å².